The number of quaternary nitrogens is 1. The SMILES string of the molecule is CC(=O)Nc1sc2c(c1-c1ccccc1)CC[NH2+]C2. The molecular formula is C15H17N2OS+. The van der Waals surface area contributed by atoms with Crippen LogP contribution >= 0.6 is 11.3 Å². The molecule has 1 aliphatic heterocycles. The molecule has 0 spiro atoms. The fourth-order valence-corrected chi connectivity index (χ4v) is 3.89. The molecule has 3 N–H and O–H groups in total. The zero-order valence-corrected chi connectivity index (χ0v) is 11.7. The van der Waals surface area contributed by atoms with Crippen LogP contribution < -0.4 is 10.6 Å². The minimum atomic E-state index is -0.000224. The first kappa shape index (κ1) is 12.4. The van der Waals surface area contributed by atoms with Crippen LogP contribution in [0.4, 0.5) is 5.00 Å². The number of rotatable bonds is 2. The third-order valence-corrected chi connectivity index (χ3v) is 4.54. The molecule has 0 fully saturated rings. The molecule has 0 unspecified atom stereocenters. The van der Waals surface area contributed by atoms with Gasteiger partial charge in [-0.1, -0.05) is 30.3 Å². The van der Waals surface area contributed by atoms with Gasteiger partial charge in [0, 0.05) is 18.9 Å². The summed E-state index contributed by atoms with van der Waals surface area (Å²) in [7, 11) is 0. The van der Waals surface area contributed by atoms with Crippen molar-refractivity contribution in [1.82, 2.24) is 0 Å². The van der Waals surface area contributed by atoms with E-state index in [-0.39, 0.29) is 5.91 Å². The topological polar surface area (TPSA) is 45.7 Å². The van der Waals surface area contributed by atoms with Crippen LogP contribution in [0.1, 0.15) is 17.4 Å². The normalized spacial score (nSPS) is 13.9. The number of anilines is 1. The molecule has 3 nitrogen and oxygen atoms in total. The van der Waals surface area contributed by atoms with Gasteiger partial charge in [-0.2, -0.15) is 0 Å². The summed E-state index contributed by atoms with van der Waals surface area (Å²) < 4.78 is 0. The third-order valence-electron chi connectivity index (χ3n) is 3.37. The minimum Gasteiger partial charge on any atom is -0.342 e. The first-order chi connectivity index (χ1) is 9.25. The zero-order chi connectivity index (χ0) is 13.2. The van der Waals surface area contributed by atoms with E-state index in [1.54, 1.807) is 18.3 Å². The Balaban J connectivity index is 2.14. The maximum Gasteiger partial charge on any atom is 0.221 e. The first-order valence-corrected chi connectivity index (χ1v) is 7.36. The summed E-state index contributed by atoms with van der Waals surface area (Å²) >= 11 is 1.72. The number of hydrogen-bond donors (Lipinski definition) is 2. The van der Waals surface area contributed by atoms with Gasteiger partial charge in [0.1, 0.15) is 11.5 Å². The van der Waals surface area contributed by atoms with Crippen LogP contribution in [0.3, 0.4) is 0 Å². The molecular weight excluding hydrogens is 256 g/mol. The third kappa shape index (κ3) is 2.41. The van der Waals surface area contributed by atoms with Crippen molar-refractivity contribution in [1.29, 1.82) is 0 Å². The van der Waals surface area contributed by atoms with Crippen molar-refractivity contribution < 1.29 is 10.1 Å². The van der Waals surface area contributed by atoms with Gasteiger partial charge in [-0.15, -0.1) is 11.3 Å². The number of carbonyl (C=O) groups excluding carboxylic acids is 1. The number of amides is 1. The lowest BCUT2D eigenvalue weighted by Crippen LogP contribution is -2.84. The molecule has 19 heavy (non-hydrogen) atoms. The van der Waals surface area contributed by atoms with E-state index < -0.39 is 0 Å². The number of benzene rings is 1. The molecule has 0 saturated carbocycles. The molecule has 1 aromatic carbocycles. The van der Waals surface area contributed by atoms with Crippen LogP contribution in [0, 0.1) is 0 Å². The molecule has 98 valence electrons. The van der Waals surface area contributed by atoms with Crippen LogP contribution in [-0.2, 0) is 17.8 Å². The summed E-state index contributed by atoms with van der Waals surface area (Å²) in [4.78, 5) is 12.8. The number of nitrogens with one attached hydrogen (secondary N) is 1. The van der Waals surface area contributed by atoms with Gasteiger partial charge in [0.2, 0.25) is 5.91 Å². The molecule has 2 aromatic rings. The first-order valence-electron chi connectivity index (χ1n) is 6.55. The lowest BCUT2D eigenvalue weighted by Gasteiger charge is -2.12. The van der Waals surface area contributed by atoms with Gasteiger partial charge in [-0.3, -0.25) is 4.79 Å². The van der Waals surface area contributed by atoms with Crippen molar-refractivity contribution in [2.45, 2.75) is 19.9 Å². The number of hydrogen-bond acceptors (Lipinski definition) is 2. The molecule has 0 saturated heterocycles. The quantitative estimate of drug-likeness (QED) is 0.863. The Morgan fingerprint density at radius 1 is 1.32 bits per heavy atom. The van der Waals surface area contributed by atoms with E-state index in [2.05, 4.69) is 22.8 Å². The Labute approximate surface area is 116 Å². The van der Waals surface area contributed by atoms with Gasteiger partial charge in [0.25, 0.3) is 0 Å². The predicted molar refractivity (Wildman–Crippen MR) is 78.3 cm³/mol. The maximum atomic E-state index is 11.4. The van der Waals surface area contributed by atoms with E-state index >= 15 is 0 Å². The van der Waals surface area contributed by atoms with Crippen LogP contribution in [0.2, 0.25) is 0 Å². The summed E-state index contributed by atoms with van der Waals surface area (Å²) in [6.45, 7) is 3.72. The highest BCUT2D eigenvalue weighted by atomic mass is 32.1. The summed E-state index contributed by atoms with van der Waals surface area (Å²) in [5.41, 5.74) is 3.84. The van der Waals surface area contributed by atoms with Crippen molar-refractivity contribution in [3.8, 4) is 11.1 Å². The number of carbonyl (C=O) groups is 1. The summed E-state index contributed by atoms with van der Waals surface area (Å²) in [6, 6.07) is 10.4. The van der Waals surface area contributed by atoms with E-state index in [1.807, 2.05) is 18.2 Å². The van der Waals surface area contributed by atoms with Gasteiger partial charge < -0.3 is 10.6 Å². The van der Waals surface area contributed by atoms with Gasteiger partial charge in [0.15, 0.2) is 0 Å². The highest BCUT2D eigenvalue weighted by Crippen LogP contribution is 2.41. The van der Waals surface area contributed by atoms with Crippen LogP contribution in [0.15, 0.2) is 30.3 Å². The smallest absolute Gasteiger partial charge is 0.221 e. The van der Waals surface area contributed by atoms with E-state index in [9.17, 15) is 4.79 Å². The van der Waals surface area contributed by atoms with Crippen molar-refractivity contribution >= 4 is 22.2 Å². The second-order valence-corrected chi connectivity index (χ2v) is 5.89. The second kappa shape index (κ2) is 5.15. The Morgan fingerprint density at radius 2 is 2.11 bits per heavy atom. The Hall–Kier alpha value is -1.65. The zero-order valence-electron chi connectivity index (χ0n) is 10.9. The van der Waals surface area contributed by atoms with Crippen molar-refractivity contribution in [2.75, 3.05) is 11.9 Å². The molecule has 3 rings (SSSR count). The van der Waals surface area contributed by atoms with E-state index in [0.717, 1.165) is 24.5 Å². The molecule has 2 heterocycles. The molecule has 0 bridgehead atoms. The maximum absolute atomic E-state index is 11.4. The lowest BCUT2D eigenvalue weighted by atomic mass is 9.98. The standard InChI is InChI=1S/C15H16N2OS/c1-10(18)17-15-14(11-5-3-2-4-6-11)12-7-8-16-9-13(12)19-15/h2-6,16H,7-9H2,1H3,(H,17,18)/p+1. The van der Waals surface area contributed by atoms with E-state index in [0.29, 0.717) is 0 Å². The number of fused-ring (bicyclic) bond motifs is 1. The Bertz CT molecular complexity index is 604. The van der Waals surface area contributed by atoms with Crippen molar-refractivity contribution in [2.24, 2.45) is 0 Å². The molecule has 0 radical (unpaired) electrons. The minimum absolute atomic E-state index is 0.000224. The van der Waals surface area contributed by atoms with Gasteiger partial charge in [-0.05, 0) is 11.1 Å². The molecule has 0 aliphatic carbocycles. The number of nitrogens with two attached hydrogens (primary N) is 1. The van der Waals surface area contributed by atoms with Crippen LogP contribution in [0.25, 0.3) is 11.1 Å². The summed E-state index contributed by atoms with van der Waals surface area (Å²) in [5.74, 6) is -0.000224. The summed E-state index contributed by atoms with van der Waals surface area (Å²) in [5, 5.41) is 6.32. The molecule has 1 amide bonds. The van der Waals surface area contributed by atoms with Crippen LogP contribution in [0.5, 0.6) is 0 Å². The average Bonchev–Trinajstić information content (AvgIpc) is 2.76. The van der Waals surface area contributed by atoms with Crippen LogP contribution in [-0.4, -0.2) is 12.5 Å². The predicted octanol–water partition coefficient (Wildman–Crippen LogP) is 1.99. The monoisotopic (exact) mass is 273 g/mol. The molecule has 4 heteroatoms. The molecule has 1 aliphatic rings. The highest BCUT2D eigenvalue weighted by Gasteiger charge is 2.23. The van der Waals surface area contributed by atoms with Crippen molar-refractivity contribution in [3.63, 3.8) is 0 Å². The second-order valence-electron chi connectivity index (χ2n) is 4.79. The Kier molecular flexibility index (Phi) is 3.36. The molecule has 1 aromatic heterocycles. The fourth-order valence-electron chi connectivity index (χ4n) is 2.58. The van der Waals surface area contributed by atoms with E-state index in [1.165, 1.54) is 21.6 Å². The van der Waals surface area contributed by atoms with Gasteiger partial charge in [0.05, 0.1) is 11.4 Å². The van der Waals surface area contributed by atoms with Crippen molar-refractivity contribution in [3.05, 3.63) is 40.8 Å². The lowest BCUT2D eigenvalue weighted by molar-refractivity contribution is -0.672. The fraction of sp³-hybridized carbons (Fsp3) is 0.267. The van der Waals surface area contributed by atoms with E-state index in [4.69, 9.17) is 0 Å². The van der Waals surface area contributed by atoms with Gasteiger partial charge >= 0.3 is 0 Å². The molecule has 0 atom stereocenters. The Morgan fingerprint density at radius 3 is 2.84 bits per heavy atom. The number of thiophene rings is 1. The highest BCUT2D eigenvalue weighted by molar-refractivity contribution is 7.17. The summed E-state index contributed by atoms with van der Waals surface area (Å²) in [6.07, 6.45) is 1.08. The van der Waals surface area contributed by atoms with Gasteiger partial charge in [-0.25, -0.2) is 0 Å². The largest absolute Gasteiger partial charge is 0.342 e. The average molecular weight is 273 g/mol.